The second-order valence-corrected chi connectivity index (χ2v) is 8.94. The van der Waals surface area contributed by atoms with E-state index < -0.39 is 6.10 Å². The van der Waals surface area contributed by atoms with E-state index in [1.54, 1.807) is 6.92 Å². The molecule has 0 bridgehead atoms. The Morgan fingerprint density at radius 3 is 2.60 bits per heavy atom. The molecule has 5 rings (SSSR count). The summed E-state index contributed by atoms with van der Waals surface area (Å²) in [5.74, 6) is 2.46. The molecule has 0 saturated carbocycles. The number of hydrogen-bond acceptors (Lipinski definition) is 7. The second kappa shape index (κ2) is 11.9. The average molecular weight is 522 g/mol. The van der Waals surface area contributed by atoms with E-state index in [2.05, 4.69) is 27.2 Å². The number of nitrogens with zero attached hydrogens (tertiary/aromatic N) is 3. The first-order valence-corrected chi connectivity index (χ1v) is 11.5. The molecule has 3 N–H and O–H groups in total. The summed E-state index contributed by atoms with van der Waals surface area (Å²) >= 11 is 6.14. The van der Waals surface area contributed by atoms with Crippen molar-refractivity contribution in [3.8, 4) is 17.4 Å². The molecule has 1 aliphatic heterocycles. The maximum absolute atomic E-state index is 10.6. The largest absolute Gasteiger partial charge is 0.490 e. The number of aromatic nitrogens is 2. The normalized spacial score (nSPS) is 15.4. The molecule has 1 fully saturated rings. The smallest absolute Gasteiger partial charge is 0.283 e. The number of aliphatic hydroxyl groups excluding tert-OH is 1. The van der Waals surface area contributed by atoms with Crippen LogP contribution in [0, 0.1) is 6.92 Å². The Morgan fingerprint density at radius 2 is 1.89 bits per heavy atom. The zero-order valence-electron chi connectivity index (χ0n) is 19.3. The summed E-state index contributed by atoms with van der Waals surface area (Å²) in [6, 6.07) is 15.5. The van der Waals surface area contributed by atoms with Gasteiger partial charge in [-0.1, -0.05) is 29.8 Å². The van der Waals surface area contributed by atoms with Gasteiger partial charge in [-0.3, -0.25) is 0 Å². The fourth-order valence-electron chi connectivity index (χ4n) is 4.41. The summed E-state index contributed by atoms with van der Waals surface area (Å²) in [6.07, 6.45) is 1.52. The molecular weight excluding hydrogens is 493 g/mol. The Labute approximate surface area is 214 Å². The molecule has 10 heteroatoms. The molecule has 188 valence electrons. The van der Waals surface area contributed by atoms with E-state index in [0.29, 0.717) is 41.3 Å². The predicted octanol–water partition coefficient (Wildman–Crippen LogP) is 4.66. The zero-order valence-corrected chi connectivity index (χ0v) is 20.9. The van der Waals surface area contributed by atoms with E-state index in [1.807, 2.05) is 36.4 Å². The number of halogens is 2. The Bertz CT molecular complexity index is 1240. The van der Waals surface area contributed by atoms with E-state index in [1.165, 1.54) is 5.56 Å². The number of benzene rings is 2. The molecule has 0 aliphatic carbocycles. The van der Waals surface area contributed by atoms with Crippen LogP contribution in [0.4, 0.5) is 0 Å². The number of hydrogen-bond donors (Lipinski definition) is 1. The van der Waals surface area contributed by atoms with Crippen molar-refractivity contribution < 1.29 is 24.2 Å². The monoisotopic (exact) mass is 521 g/mol. The minimum absolute atomic E-state index is 0. The van der Waals surface area contributed by atoms with E-state index in [4.69, 9.17) is 25.2 Å². The highest BCUT2D eigenvalue weighted by Gasteiger charge is 2.23. The summed E-state index contributed by atoms with van der Waals surface area (Å²) in [5, 5.41) is 20.0. The van der Waals surface area contributed by atoms with E-state index in [-0.39, 0.29) is 24.5 Å². The van der Waals surface area contributed by atoms with Gasteiger partial charge in [0.25, 0.3) is 5.89 Å². The van der Waals surface area contributed by atoms with Gasteiger partial charge in [-0.15, -0.1) is 22.6 Å². The summed E-state index contributed by atoms with van der Waals surface area (Å²) in [5.41, 5.74) is 1.96. The molecular formula is C25H29Cl2N3O5. The van der Waals surface area contributed by atoms with E-state index >= 15 is 0 Å². The number of fused-ring (bicyclic) bond motifs is 1. The third-order valence-electron chi connectivity index (χ3n) is 6.07. The zero-order chi connectivity index (χ0) is 22.8. The van der Waals surface area contributed by atoms with Crippen LogP contribution >= 0.6 is 24.0 Å². The molecule has 2 aromatic heterocycles. The Morgan fingerprint density at radius 1 is 1.11 bits per heavy atom. The van der Waals surface area contributed by atoms with Crippen LogP contribution in [-0.4, -0.2) is 58.0 Å². The highest BCUT2D eigenvalue weighted by Crippen LogP contribution is 2.33. The van der Waals surface area contributed by atoms with Crippen LogP contribution in [0.15, 0.2) is 57.4 Å². The Balaban J connectivity index is 0.00000171. The van der Waals surface area contributed by atoms with Gasteiger partial charge in [0, 0.05) is 24.6 Å². The first kappa shape index (κ1) is 27.0. The lowest BCUT2D eigenvalue weighted by atomic mass is 9.89. The number of piperidine rings is 1. The van der Waals surface area contributed by atoms with Crippen molar-refractivity contribution in [3.05, 3.63) is 65.0 Å². The SMILES string of the molecule is Cc1nnc(-c2cc3c(OC[C@@H](O)CN4CCC(c5cccc(Cl)c5)CC4)cccc3o2)o1.Cl.O. The van der Waals surface area contributed by atoms with Gasteiger partial charge in [-0.05, 0) is 61.7 Å². The van der Waals surface area contributed by atoms with Crippen molar-refractivity contribution in [2.45, 2.75) is 31.8 Å². The number of aryl methyl sites for hydroxylation is 1. The third kappa shape index (κ3) is 6.34. The summed E-state index contributed by atoms with van der Waals surface area (Å²) in [6.45, 7) is 4.40. The third-order valence-corrected chi connectivity index (χ3v) is 6.30. The van der Waals surface area contributed by atoms with Crippen LogP contribution in [0.25, 0.3) is 22.6 Å². The number of likely N-dealkylation sites (tertiary alicyclic amines) is 1. The van der Waals surface area contributed by atoms with Crippen molar-refractivity contribution in [2.75, 3.05) is 26.2 Å². The molecule has 4 aromatic rings. The summed E-state index contributed by atoms with van der Waals surface area (Å²) < 4.78 is 17.3. The number of β-amino-alcohol motifs (C(OH)–C–C–N with tert-alkyl or cyclic N) is 1. The van der Waals surface area contributed by atoms with Crippen molar-refractivity contribution in [2.24, 2.45) is 0 Å². The van der Waals surface area contributed by atoms with Gasteiger partial charge in [0.2, 0.25) is 5.89 Å². The summed E-state index contributed by atoms with van der Waals surface area (Å²) in [7, 11) is 0. The lowest BCUT2D eigenvalue weighted by Gasteiger charge is -2.33. The number of ether oxygens (including phenoxy) is 1. The standard InChI is InChI=1S/C25H26ClN3O4.ClH.H2O/c1-16-27-28-25(32-16)24-13-21-22(6-3-7-23(21)33-24)31-15-20(30)14-29-10-8-17(9-11-29)18-4-2-5-19(26)12-18;;/h2-7,12-13,17,20,30H,8-11,14-15H2,1H3;1H;1H2/t20-;;/m0../s1. The van der Waals surface area contributed by atoms with Crippen LogP contribution in [0.2, 0.25) is 5.02 Å². The van der Waals surface area contributed by atoms with E-state index in [0.717, 1.165) is 36.3 Å². The lowest BCUT2D eigenvalue weighted by Crippen LogP contribution is -2.40. The highest BCUT2D eigenvalue weighted by molar-refractivity contribution is 6.30. The summed E-state index contributed by atoms with van der Waals surface area (Å²) in [4.78, 5) is 2.30. The Hall–Kier alpha value is -2.62. The van der Waals surface area contributed by atoms with Crippen molar-refractivity contribution in [1.29, 1.82) is 0 Å². The van der Waals surface area contributed by atoms with Crippen LogP contribution in [-0.2, 0) is 0 Å². The van der Waals surface area contributed by atoms with Gasteiger partial charge >= 0.3 is 0 Å². The molecule has 1 saturated heterocycles. The van der Waals surface area contributed by atoms with Gasteiger partial charge < -0.3 is 29.1 Å². The van der Waals surface area contributed by atoms with E-state index in [9.17, 15) is 5.11 Å². The number of aliphatic hydroxyl groups is 1. The van der Waals surface area contributed by atoms with Crippen LogP contribution in [0.3, 0.4) is 0 Å². The molecule has 0 amide bonds. The van der Waals surface area contributed by atoms with Gasteiger partial charge in [0.05, 0.1) is 5.39 Å². The molecule has 3 heterocycles. The van der Waals surface area contributed by atoms with Gasteiger partial charge in [-0.25, -0.2) is 0 Å². The average Bonchev–Trinajstić information content (AvgIpc) is 3.44. The number of furan rings is 1. The molecule has 1 aliphatic rings. The fourth-order valence-corrected chi connectivity index (χ4v) is 4.61. The highest BCUT2D eigenvalue weighted by atomic mass is 35.5. The van der Waals surface area contributed by atoms with Crippen molar-refractivity contribution >= 4 is 35.0 Å². The molecule has 2 aromatic carbocycles. The number of rotatable bonds is 7. The molecule has 35 heavy (non-hydrogen) atoms. The molecule has 8 nitrogen and oxygen atoms in total. The molecule has 1 atom stereocenters. The van der Waals surface area contributed by atoms with Gasteiger partial charge in [0.1, 0.15) is 24.0 Å². The molecule has 0 unspecified atom stereocenters. The second-order valence-electron chi connectivity index (χ2n) is 8.50. The maximum atomic E-state index is 10.6. The van der Waals surface area contributed by atoms with Crippen LogP contribution < -0.4 is 4.74 Å². The van der Waals surface area contributed by atoms with Gasteiger partial charge in [-0.2, -0.15) is 0 Å². The predicted molar refractivity (Wildman–Crippen MR) is 136 cm³/mol. The van der Waals surface area contributed by atoms with Crippen molar-refractivity contribution in [3.63, 3.8) is 0 Å². The quantitative estimate of drug-likeness (QED) is 0.375. The van der Waals surface area contributed by atoms with Crippen LogP contribution in [0.5, 0.6) is 5.75 Å². The van der Waals surface area contributed by atoms with Crippen LogP contribution in [0.1, 0.15) is 30.2 Å². The first-order valence-electron chi connectivity index (χ1n) is 11.2. The maximum Gasteiger partial charge on any atom is 0.283 e. The fraction of sp³-hybridized carbons (Fsp3) is 0.360. The van der Waals surface area contributed by atoms with Crippen molar-refractivity contribution in [1.82, 2.24) is 15.1 Å². The Kier molecular flexibility index (Phi) is 9.15. The minimum atomic E-state index is -0.590. The molecule has 0 radical (unpaired) electrons. The lowest BCUT2D eigenvalue weighted by molar-refractivity contribution is 0.0599. The topological polar surface area (TPSA) is 116 Å². The molecule has 0 spiro atoms. The van der Waals surface area contributed by atoms with Gasteiger partial charge in [0.15, 0.2) is 5.76 Å². The first-order chi connectivity index (χ1) is 16.0. The minimum Gasteiger partial charge on any atom is -0.490 e.